The minimum absolute atomic E-state index is 0.0550. The first-order valence-electron chi connectivity index (χ1n) is 7.02. The Labute approximate surface area is 117 Å². The average molecular weight is 264 g/mol. The first-order valence-corrected chi connectivity index (χ1v) is 7.02. The summed E-state index contributed by atoms with van der Waals surface area (Å²) in [5.41, 5.74) is 2.36. The van der Waals surface area contributed by atoms with Gasteiger partial charge in [0.25, 0.3) is 0 Å². The minimum Gasteiger partial charge on any atom is -0.508 e. The minimum atomic E-state index is -0.438. The third-order valence-electron chi connectivity index (χ3n) is 3.35. The van der Waals surface area contributed by atoms with Gasteiger partial charge in [0.05, 0.1) is 6.10 Å². The van der Waals surface area contributed by atoms with E-state index in [1.807, 2.05) is 12.1 Å². The lowest BCUT2D eigenvalue weighted by Gasteiger charge is -2.33. The molecule has 2 N–H and O–H groups in total. The van der Waals surface area contributed by atoms with Crippen LogP contribution in [0.2, 0.25) is 0 Å². The molecule has 0 aliphatic rings. The molecule has 1 unspecified atom stereocenters. The predicted molar refractivity (Wildman–Crippen MR) is 80.6 cm³/mol. The SMILES string of the molecule is CC(O)Cc1cc(C(C)(C)CC(C)(C)C)ccc1O. The Morgan fingerprint density at radius 2 is 1.68 bits per heavy atom. The van der Waals surface area contributed by atoms with Crippen LogP contribution in [0.1, 0.15) is 59.1 Å². The summed E-state index contributed by atoms with van der Waals surface area (Å²) in [6, 6.07) is 5.78. The van der Waals surface area contributed by atoms with Crippen molar-refractivity contribution < 1.29 is 10.2 Å². The van der Waals surface area contributed by atoms with Crippen LogP contribution in [0.15, 0.2) is 18.2 Å². The molecule has 2 heteroatoms. The number of rotatable bonds is 4. The second-order valence-corrected chi connectivity index (χ2v) is 7.52. The van der Waals surface area contributed by atoms with E-state index in [1.165, 1.54) is 5.56 Å². The van der Waals surface area contributed by atoms with Gasteiger partial charge < -0.3 is 10.2 Å². The molecule has 0 saturated carbocycles. The second kappa shape index (κ2) is 5.54. The summed E-state index contributed by atoms with van der Waals surface area (Å²) in [4.78, 5) is 0. The number of aliphatic hydroxyl groups is 1. The molecule has 0 radical (unpaired) electrons. The smallest absolute Gasteiger partial charge is 0.118 e. The Kier molecular flexibility index (Phi) is 4.67. The van der Waals surface area contributed by atoms with Gasteiger partial charge >= 0.3 is 0 Å². The molecule has 0 heterocycles. The topological polar surface area (TPSA) is 40.5 Å². The summed E-state index contributed by atoms with van der Waals surface area (Å²) in [6.07, 6.45) is 1.12. The fourth-order valence-corrected chi connectivity index (χ4v) is 2.92. The highest BCUT2D eigenvalue weighted by Gasteiger charge is 2.27. The van der Waals surface area contributed by atoms with Gasteiger partial charge in [-0.25, -0.2) is 0 Å². The van der Waals surface area contributed by atoms with Crippen LogP contribution in [0.25, 0.3) is 0 Å². The molecule has 0 saturated heterocycles. The van der Waals surface area contributed by atoms with Crippen LogP contribution in [-0.4, -0.2) is 16.3 Å². The normalized spacial score (nSPS) is 14.5. The van der Waals surface area contributed by atoms with E-state index in [0.717, 1.165) is 12.0 Å². The fourth-order valence-electron chi connectivity index (χ4n) is 2.92. The number of phenolic OH excluding ortho intramolecular Hbond substituents is 1. The number of aromatic hydroxyl groups is 1. The van der Waals surface area contributed by atoms with Gasteiger partial charge in [-0.05, 0) is 41.4 Å². The maximum Gasteiger partial charge on any atom is 0.118 e. The molecule has 0 fully saturated rings. The van der Waals surface area contributed by atoms with Gasteiger partial charge in [-0.2, -0.15) is 0 Å². The van der Waals surface area contributed by atoms with Gasteiger partial charge in [0.2, 0.25) is 0 Å². The third kappa shape index (κ3) is 4.87. The highest BCUT2D eigenvalue weighted by Crippen LogP contribution is 2.37. The summed E-state index contributed by atoms with van der Waals surface area (Å²) >= 11 is 0. The number of benzene rings is 1. The van der Waals surface area contributed by atoms with E-state index in [4.69, 9.17) is 0 Å². The zero-order valence-electron chi connectivity index (χ0n) is 13.1. The first kappa shape index (κ1) is 16.0. The molecular weight excluding hydrogens is 236 g/mol. The molecule has 0 bridgehead atoms. The zero-order chi connectivity index (χ0) is 14.8. The lowest BCUT2D eigenvalue weighted by molar-refractivity contribution is 0.194. The molecule has 1 rings (SSSR count). The van der Waals surface area contributed by atoms with Crippen molar-refractivity contribution in [2.24, 2.45) is 5.41 Å². The van der Waals surface area contributed by atoms with E-state index in [1.54, 1.807) is 13.0 Å². The summed E-state index contributed by atoms with van der Waals surface area (Å²) in [7, 11) is 0. The molecular formula is C17H28O2. The Hall–Kier alpha value is -1.02. The molecule has 0 aliphatic heterocycles. The number of hydrogen-bond donors (Lipinski definition) is 2. The Morgan fingerprint density at radius 3 is 2.16 bits per heavy atom. The van der Waals surface area contributed by atoms with Crippen molar-refractivity contribution in [1.29, 1.82) is 0 Å². The van der Waals surface area contributed by atoms with Crippen LogP contribution in [0.3, 0.4) is 0 Å². The Balaban J connectivity index is 3.07. The van der Waals surface area contributed by atoms with Crippen LogP contribution < -0.4 is 0 Å². The van der Waals surface area contributed by atoms with Crippen LogP contribution in [0, 0.1) is 5.41 Å². The maximum absolute atomic E-state index is 9.87. The van der Waals surface area contributed by atoms with Crippen molar-refractivity contribution in [1.82, 2.24) is 0 Å². The summed E-state index contributed by atoms with van der Waals surface area (Å²) in [5, 5.41) is 19.4. The standard InChI is InChI=1S/C17H28O2/c1-12(18)9-13-10-14(7-8-15(13)19)17(5,6)11-16(2,3)4/h7-8,10,12,18-19H,9,11H2,1-6H3. The lowest BCUT2D eigenvalue weighted by atomic mass is 9.72. The highest BCUT2D eigenvalue weighted by molar-refractivity contribution is 5.39. The van der Waals surface area contributed by atoms with Crippen molar-refractivity contribution in [3.63, 3.8) is 0 Å². The number of phenols is 1. The third-order valence-corrected chi connectivity index (χ3v) is 3.35. The number of hydrogen-bond acceptors (Lipinski definition) is 2. The molecule has 0 spiro atoms. The van der Waals surface area contributed by atoms with Crippen molar-refractivity contribution in [2.45, 2.75) is 65.9 Å². The van der Waals surface area contributed by atoms with Crippen LogP contribution in [-0.2, 0) is 11.8 Å². The van der Waals surface area contributed by atoms with Crippen molar-refractivity contribution >= 4 is 0 Å². The Morgan fingerprint density at radius 1 is 1.11 bits per heavy atom. The molecule has 1 aromatic rings. The molecule has 1 aromatic carbocycles. The van der Waals surface area contributed by atoms with E-state index >= 15 is 0 Å². The van der Waals surface area contributed by atoms with E-state index in [2.05, 4.69) is 34.6 Å². The Bertz CT molecular complexity index is 425. The van der Waals surface area contributed by atoms with Gasteiger partial charge in [0, 0.05) is 6.42 Å². The van der Waals surface area contributed by atoms with Crippen LogP contribution in [0.5, 0.6) is 5.75 Å². The molecule has 2 nitrogen and oxygen atoms in total. The molecule has 0 aromatic heterocycles. The highest BCUT2D eigenvalue weighted by atomic mass is 16.3. The van der Waals surface area contributed by atoms with Crippen molar-refractivity contribution in [2.75, 3.05) is 0 Å². The molecule has 108 valence electrons. The fraction of sp³-hybridized carbons (Fsp3) is 0.647. The van der Waals surface area contributed by atoms with E-state index < -0.39 is 6.10 Å². The van der Waals surface area contributed by atoms with Crippen molar-refractivity contribution in [3.8, 4) is 5.75 Å². The first-order chi connectivity index (χ1) is 8.51. The summed E-state index contributed by atoms with van der Waals surface area (Å²) < 4.78 is 0. The summed E-state index contributed by atoms with van der Waals surface area (Å²) in [6.45, 7) is 12.9. The van der Waals surface area contributed by atoms with E-state index in [-0.39, 0.29) is 16.6 Å². The van der Waals surface area contributed by atoms with Gasteiger partial charge in [0.15, 0.2) is 0 Å². The van der Waals surface area contributed by atoms with Crippen LogP contribution in [0.4, 0.5) is 0 Å². The zero-order valence-corrected chi connectivity index (χ0v) is 13.1. The lowest BCUT2D eigenvalue weighted by Crippen LogP contribution is -2.25. The maximum atomic E-state index is 9.87. The summed E-state index contributed by atoms with van der Waals surface area (Å²) in [5.74, 6) is 0.274. The molecule has 19 heavy (non-hydrogen) atoms. The van der Waals surface area contributed by atoms with Gasteiger partial charge in [-0.15, -0.1) is 0 Å². The largest absolute Gasteiger partial charge is 0.508 e. The van der Waals surface area contributed by atoms with Crippen molar-refractivity contribution in [3.05, 3.63) is 29.3 Å². The van der Waals surface area contributed by atoms with E-state index in [0.29, 0.717) is 6.42 Å². The van der Waals surface area contributed by atoms with E-state index in [9.17, 15) is 10.2 Å². The molecule has 0 amide bonds. The molecule has 0 aliphatic carbocycles. The molecule has 1 atom stereocenters. The van der Waals surface area contributed by atoms with Crippen LogP contribution >= 0.6 is 0 Å². The number of aliphatic hydroxyl groups excluding tert-OH is 1. The average Bonchev–Trinajstić information content (AvgIpc) is 2.16. The van der Waals surface area contributed by atoms with Gasteiger partial charge in [0.1, 0.15) is 5.75 Å². The monoisotopic (exact) mass is 264 g/mol. The predicted octanol–water partition coefficient (Wildman–Crippen LogP) is 4.03. The quantitative estimate of drug-likeness (QED) is 0.862. The van der Waals surface area contributed by atoms with Gasteiger partial charge in [-0.1, -0.05) is 46.8 Å². The second-order valence-electron chi connectivity index (χ2n) is 7.52. The van der Waals surface area contributed by atoms with Gasteiger partial charge in [-0.3, -0.25) is 0 Å².